The molecule has 0 rings (SSSR count). The highest BCUT2D eigenvalue weighted by Gasteiger charge is 1.96. The van der Waals surface area contributed by atoms with Crippen molar-refractivity contribution >= 4 is 11.6 Å². The molecule has 0 fully saturated rings. The van der Waals surface area contributed by atoms with Crippen molar-refractivity contribution in [2.75, 3.05) is 0 Å². The molecule has 0 bridgehead atoms. The molecule has 0 saturated heterocycles. The topological polar surface area (TPSA) is 0 Å². The molecule has 0 aromatic carbocycles. The summed E-state index contributed by atoms with van der Waals surface area (Å²) < 4.78 is 0. The number of rotatable bonds is 3. The standard InChI is InChI=1S/C10H17Cl/c1-5-9(6-2)10(11)7-8(3)4/h7H,5-6H2,1-4H3. The Morgan fingerprint density at radius 3 is 1.91 bits per heavy atom. The van der Waals surface area contributed by atoms with Crippen LogP contribution in [-0.2, 0) is 0 Å². The lowest BCUT2D eigenvalue weighted by atomic mass is 10.1. The van der Waals surface area contributed by atoms with Crippen molar-refractivity contribution in [1.82, 2.24) is 0 Å². The number of allylic oxidation sites excluding steroid dienone is 4. The fourth-order valence-corrected chi connectivity index (χ4v) is 1.43. The van der Waals surface area contributed by atoms with Gasteiger partial charge in [0.2, 0.25) is 0 Å². The van der Waals surface area contributed by atoms with Crippen LogP contribution < -0.4 is 0 Å². The number of halogens is 1. The molecule has 0 spiro atoms. The van der Waals surface area contributed by atoms with Gasteiger partial charge < -0.3 is 0 Å². The quantitative estimate of drug-likeness (QED) is 0.558. The van der Waals surface area contributed by atoms with Gasteiger partial charge in [0.1, 0.15) is 0 Å². The Balaban J connectivity index is 4.48. The minimum Gasteiger partial charge on any atom is -0.0844 e. The van der Waals surface area contributed by atoms with Gasteiger partial charge in [-0.3, -0.25) is 0 Å². The van der Waals surface area contributed by atoms with E-state index in [-0.39, 0.29) is 0 Å². The lowest BCUT2D eigenvalue weighted by molar-refractivity contribution is 0.972. The third kappa shape index (κ3) is 4.26. The molecular weight excluding hydrogens is 156 g/mol. The zero-order valence-corrected chi connectivity index (χ0v) is 8.63. The molecule has 0 heterocycles. The van der Waals surface area contributed by atoms with Crippen molar-refractivity contribution in [2.24, 2.45) is 0 Å². The van der Waals surface area contributed by atoms with Crippen LogP contribution in [0.1, 0.15) is 40.5 Å². The summed E-state index contributed by atoms with van der Waals surface area (Å²) >= 11 is 6.05. The minimum atomic E-state index is 0.926. The first-order valence-corrected chi connectivity index (χ1v) is 4.52. The highest BCUT2D eigenvalue weighted by molar-refractivity contribution is 6.31. The van der Waals surface area contributed by atoms with Crippen LogP contribution in [0.15, 0.2) is 22.3 Å². The summed E-state index contributed by atoms with van der Waals surface area (Å²) in [6, 6.07) is 0. The summed E-state index contributed by atoms with van der Waals surface area (Å²) in [5.41, 5.74) is 2.60. The van der Waals surface area contributed by atoms with E-state index in [1.54, 1.807) is 0 Å². The van der Waals surface area contributed by atoms with E-state index in [9.17, 15) is 0 Å². The second-order valence-corrected chi connectivity index (χ2v) is 3.29. The predicted octanol–water partition coefficient (Wildman–Crippen LogP) is 4.27. The molecule has 1 heteroatoms. The van der Waals surface area contributed by atoms with Crippen molar-refractivity contribution in [3.05, 3.63) is 22.3 Å². The van der Waals surface area contributed by atoms with Gasteiger partial charge in [0, 0.05) is 5.03 Å². The fourth-order valence-electron chi connectivity index (χ4n) is 0.943. The van der Waals surface area contributed by atoms with Gasteiger partial charge in [-0.25, -0.2) is 0 Å². The van der Waals surface area contributed by atoms with Crippen molar-refractivity contribution in [3.8, 4) is 0 Å². The van der Waals surface area contributed by atoms with Gasteiger partial charge in [0.15, 0.2) is 0 Å². The van der Waals surface area contributed by atoms with E-state index in [0.29, 0.717) is 0 Å². The molecule has 0 aliphatic carbocycles. The van der Waals surface area contributed by atoms with E-state index in [2.05, 4.69) is 27.7 Å². The second-order valence-electron chi connectivity index (χ2n) is 2.88. The van der Waals surface area contributed by atoms with Crippen LogP contribution in [0.3, 0.4) is 0 Å². The summed E-state index contributed by atoms with van der Waals surface area (Å²) in [4.78, 5) is 0. The largest absolute Gasteiger partial charge is 0.0844 e. The van der Waals surface area contributed by atoms with E-state index in [1.165, 1.54) is 11.1 Å². The first-order valence-electron chi connectivity index (χ1n) is 4.14. The maximum atomic E-state index is 6.05. The Morgan fingerprint density at radius 2 is 1.64 bits per heavy atom. The SMILES string of the molecule is CCC(CC)=C(Cl)C=C(C)C. The molecule has 0 amide bonds. The molecule has 64 valence electrons. The van der Waals surface area contributed by atoms with Crippen molar-refractivity contribution in [2.45, 2.75) is 40.5 Å². The maximum absolute atomic E-state index is 6.05. The zero-order valence-electron chi connectivity index (χ0n) is 7.87. The van der Waals surface area contributed by atoms with Crippen molar-refractivity contribution in [3.63, 3.8) is 0 Å². The van der Waals surface area contributed by atoms with Gasteiger partial charge in [-0.1, -0.05) is 36.6 Å². The van der Waals surface area contributed by atoms with Crippen molar-refractivity contribution < 1.29 is 0 Å². The van der Waals surface area contributed by atoms with Gasteiger partial charge in [-0.15, -0.1) is 0 Å². The molecule has 0 nitrogen and oxygen atoms in total. The highest BCUT2D eigenvalue weighted by atomic mass is 35.5. The van der Waals surface area contributed by atoms with Gasteiger partial charge in [0.25, 0.3) is 0 Å². The Morgan fingerprint density at radius 1 is 1.18 bits per heavy atom. The van der Waals surface area contributed by atoms with E-state index < -0.39 is 0 Å². The van der Waals surface area contributed by atoms with Crippen LogP contribution in [0.2, 0.25) is 0 Å². The molecule has 0 aromatic rings. The molecule has 0 aliphatic rings. The van der Waals surface area contributed by atoms with Gasteiger partial charge >= 0.3 is 0 Å². The Kier molecular flexibility index (Phi) is 5.31. The molecule has 0 N–H and O–H groups in total. The first-order chi connectivity index (χ1) is 5.11. The third-order valence-electron chi connectivity index (χ3n) is 1.61. The number of hydrogen-bond acceptors (Lipinski definition) is 0. The first kappa shape index (κ1) is 10.8. The molecule has 0 unspecified atom stereocenters. The van der Waals surface area contributed by atoms with E-state index in [1.807, 2.05) is 6.08 Å². The van der Waals surface area contributed by atoms with E-state index in [4.69, 9.17) is 11.6 Å². The monoisotopic (exact) mass is 172 g/mol. The summed E-state index contributed by atoms with van der Waals surface area (Å²) in [7, 11) is 0. The van der Waals surface area contributed by atoms with Gasteiger partial charge in [-0.05, 0) is 32.8 Å². The molecule has 0 aromatic heterocycles. The summed E-state index contributed by atoms with van der Waals surface area (Å²) in [5, 5.41) is 0.926. The molecular formula is C10H17Cl. The predicted molar refractivity (Wildman–Crippen MR) is 52.9 cm³/mol. The lowest BCUT2D eigenvalue weighted by Gasteiger charge is -2.01. The van der Waals surface area contributed by atoms with Gasteiger partial charge in [-0.2, -0.15) is 0 Å². The number of hydrogen-bond donors (Lipinski definition) is 0. The van der Waals surface area contributed by atoms with Crippen LogP contribution in [0, 0.1) is 0 Å². The smallest absolute Gasteiger partial charge is 0.0397 e. The van der Waals surface area contributed by atoms with Crippen LogP contribution >= 0.6 is 11.6 Å². The Labute approximate surface area is 74.9 Å². The molecule has 11 heavy (non-hydrogen) atoms. The fraction of sp³-hybridized carbons (Fsp3) is 0.600. The average molecular weight is 173 g/mol. The molecule has 0 radical (unpaired) electrons. The second kappa shape index (κ2) is 5.42. The maximum Gasteiger partial charge on any atom is 0.0397 e. The van der Waals surface area contributed by atoms with Crippen LogP contribution in [0.5, 0.6) is 0 Å². The summed E-state index contributed by atoms with van der Waals surface area (Å²) in [5.74, 6) is 0. The van der Waals surface area contributed by atoms with E-state index in [0.717, 1.165) is 17.9 Å². The van der Waals surface area contributed by atoms with Crippen LogP contribution in [0.4, 0.5) is 0 Å². The molecule has 0 saturated carbocycles. The Bertz CT molecular complexity index is 165. The average Bonchev–Trinajstić information content (AvgIpc) is 1.88. The minimum absolute atomic E-state index is 0.926. The Hall–Kier alpha value is -0.230. The van der Waals surface area contributed by atoms with Crippen molar-refractivity contribution in [1.29, 1.82) is 0 Å². The van der Waals surface area contributed by atoms with Crippen LogP contribution in [-0.4, -0.2) is 0 Å². The van der Waals surface area contributed by atoms with Crippen LogP contribution in [0.25, 0.3) is 0 Å². The lowest BCUT2D eigenvalue weighted by Crippen LogP contribution is -1.81. The summed E-state index contributed by atoms with van der Waals surface area (Å²) in [6.07, 6.45) is 4.14. The van der Waals surface area contributed by atoms with Gasteiger partial charge in [0.05, 0.1) is 0 Å². The third-order valence-corrected chi connectivity index (χ3v) is 1.98. The zero-order chi connectivity index (χ0) is 8.85. The molecule has 0 atom stereocenters. The summed E-state index contributed by atoms with van der Waals surface area (Å²) in [6.45, 7) is 8.40. The van der Waals surface area contributed by atoms with E-state index >= 15 is 0 Å². The highest BCUT2D eigenvalue weighted by Crippen LogP contribution is 2.18. The normalized spacial score (nSPS) is 9.18. The molecule has 0 aliphatic heterocycles.